The summed E-state index contributed by atoms with van der Waals surface area (Å²) in [6.07, 6.45) is 1.17. The summed E-state index contributed by atoms with van der Waals surface area (Å²) in [6.45, 7) is 13.7. The number of fused-ring (bicyclic) bond motifs is 6. The van der Waals surface area contributed by atoms with Gasteiger partial charge < -0.3 is 9.67 Å². The molecule has 193 valence electrons. The summed E-state index contributed by atoms with van der Waals surface area (Å²) in [5.41, 5.74) is 9.97. The van der Waals surface area contributed by atoms with Crippen LogP contribution in [-0.4, -0.2) is 20.4 Å². The van der Waals surface area contributed by atoms with Crippen LogP contribution in [0.15, 0.2) is 54.3 Å². The largest absolute Gasteiger partial charge is 0.512 e. The second-order valence-electron chi connectivity index (χ2n) is 9.73. The van der Waals surface area contributed by atoms with Gasteiger partial charge in [0, 0.05) is 44.3 Å². The number of aromatic nitrogens is 2. The van der Waals surface area contributed by atoms with Gasteiger partial charge in [-0.3, -0.25) is 9.78 Å². The van der Waals surface area contributed by atoms with Crippen molar-refractivity contribution in [3.8, 4) is 11.1 Å². The molecule has 1 heterocycles. The first-order valence-electron chi connectivity index (χ1n) is 12.2. The SMILES string of the molecule is CC(=O)/C=C(/C)O.Cc1cc(C)c2c(c1)c1c(-c3ccccc3C)c(C)c[c-]c1c1nc(C)n(C)c12.[Ir]. The average molecular weight is 670 g/mol. The predicted octanol–water partition coefficient (Wildman–Crippen LogP) is 7.92. The first-order valence-corrected chi connectivity index (χ1v) is 12.2. The minimum atomic E-state index is -0.125. The number of aryl methyl sites for hydroxylation is 6. The number of rotatable bonds is 2. The van der Waals surface area contributed by atoms with Gasteiger partial charge >= 0.3 is 0 Å². The van der Waals surface area contributed by atoms with Crippen molar-refractivity contribution in [2.45, 2.75) is 48.5 Å². The molecule has 4 aromatic carbocycles. The summed E-state index contributed by atoms with van der Waals surface area (Å²) in [6, 6.07) is 19.0. The van der Waals surface area contributed by atoms with Crippen molar-refractivity contribution >= 4 is 38.4 Å². The molecular formula is C32H33IrN2O2-. The Morgan fingerprint density at radius 3 is 2.24 bits per heavy atom. The third-order valence-corrected chi connectivity index (χ3v) is 6.70. The third-order valence-electron chi connectivity index (χ3n) is 6.70. The van der Waals surface area contributed by atoms with E-state index in [0.29, 0.717) is 0 Å². The van der Waals surface area contributed by atoms with E-state index in [2.05, 4.69) is 94.8 Å². The van der Waals surface area contributed by atoms with Gasteiger partial charge in [0.15, 0.2) is 5.78 Å². The van der Waals surface area contributed by atoms with Crippen molar-refractivity contribution in [1.29, 1.82) is 0 Å². The number of carbonyl (C=O) groups excluding carboxylic acids is 1. The van der Waals surface area contributed by atoms with Gasteiger partial charge in [-0.15, -0.1) is 23.1 Å². The van der Waals surface area contributed by atoms with E-state index in [0.717, 1.165) is 16.7 Å². The molecule has 0 aliphatic rings. The third kappa shape index (κ3) is 5.25. The van der Waals surface area contributed by atoms with Crippen molar-refractivity contribution in [1.82, 2.24) is 9.55 Å². The van der Waals surface area contributed by atoms with Crippen molar-refractivity contribution in [3.63, 3.8) is 0 Å². The molecule has 0 fully saturated rings. The molecular weight excluding hydrogens is 637 g/mol. The number of benzene rings is 4. The van der Waals surface area contributed by atoms with Crippen LogP contribution >= 0.6 is 0 Å². The molecule has 1 radical (unpaired) electrons. The molecule has 5 rings (SSSR count). The Morgan fingerprint density at radius 1 is 0.973 bits per heavy atom. The molecule has 0 saturated heterocycles. The molecule has 0 bridgehead atoms. The summed E-state index contributed by atoms with van der Waals surface area (Å²) < 4.78 is 2.22. The molecule has 5 aromatic rings. The Kier molecular flexibility index (Phi) is 8.41. The zero-order chi connectivity index (χ0) is 26.3. The van der Waals surface area contributed by atoms with Gasteiger partial charge in [-0.25, -0.2) is 0 Å². The molecule has 0 aliphatic carbocycles. The van der Waals surface area contributed by atoms with E-state index in [1.807, 2.05) is 0 Å². The van der Waals surface area contributed by atoms with Gasteiger partial charge in [-0.1, -0.05) is 65.2 Å². The fourth-order valence-corrected chi connectivity index (χ4v) is 5.15. The molecule has 0 aliphatic heterocycles. The van der Waals surface area contributed by atoms with Crippen LogP contribution in [0.1, 0.15) is 41.9 Å². The topological polar surface area (TPSA) is 55.1 Å². The zero-order valence-corrected chi connectivity index (χ0v) is 25.1. The average Bonchev–Trinajstić information content (AvgIpc) is 3.08. The van der Waals surface area contributed by atoms with Crippen molar-refractivity contribution < 1.29 is 30.0 Å². The van der Waals surface area contributed by atoms with Crippen LogP contribution in [-0.2, 0) is 31.9 Å². The van der Waals surface area contributed by atoms with Gasteiger partial charge in [0.1, 0.15) is 0 Å². The number of nitrogens with zero attached hydrogens (tertiary/aromatic N) is 2. The molecule has 4 nitrogen and oxygen atoms in total. The normalized spacial score (nSPS) is 11.4. The van der Waals surface area contributed by atoms with Crippen LogP contribution < -0.4 is 0 Å². The smallest absolute Gasteiger partial charge is 0.155 e. The van der Waals surface area contributed by atoms with Crippen LogP contribution in [0.4, 0.5) is 0 Å². The Morgan fingerprint density at radius 2 is 1.65 bits per heavy atom. The number of ketones is 1. The second-order valence-corrected chi connectivity index (χ2v) is 9.73. The first-order chi connectivity index (χ1) is 17.0. The number of imidazole rings is 1. The Labute approximate surface area is 232 Å². The Hall–Kier alpha value is -3.27. The van der Waals surface area contributed by atoms with E-state index < -0.39 is 0 Å². The number of hydrogen-bond acceptors (Lipinski definition) is 3. The second kappa shape index (κ2) is 11.0. The number of hydrogen-bond donors (Lipinski definition) is 1. The molecule has 0 spiro atoms. The summed E-state index contributed by atoms with van der Waals surface area (Å²) >= 11 is 0. The van der Waals surface area contributed by atoms with Crippen LogP contribution in [0, 0.1) is 40.7 Å². The van der Waals surface area contributed by atoms with E-state index in [9.17, 15) is 4.79 Å². The predicted molar refractivity (Wildman–Crippen MR) is 151 cm³/mol. The number of allylic oxidation sites excluding steroid dienone is 2. The van der Waals surface area contributed by atoms with Gasteiger partial charge in [0.05, 0.1) is 11.6 Å². The number of aliphatic hydroxyl groups is 1. The quantitative estimate of drug-likeness (QED) is 0.0900. The molecule has 0 saturated carbocycles. The fourth-order valence-electron chi connectivity index (χ4n) is 5.15. The molecule has 0 amide bonds. The van der Waals surface area contributed by atoms with Crippen LogP contribution in [0.3, 0.4) is 0 Å². The van der Waals surface area contributed by atoms with Crippen LogP contribution in [0.2, 0.25) is 0 Å². The minimum Gasteiger partial charge on any atom is -0.512 e. The van der Waals surface area contributed by atoms with Crippen molar-refractivity contribution in [2.24, 2.45) is 7.05 Å². The Bertz CT molecular complexity index is 1690. The molecule has 0 unspecified atom stereocenters. The number of aliphatic hydroxyl groups excluding tert-OH is 1. The maximum absolute atomic E-state index is 10.0. The first kappa shape index (κ1) is 28.3. The molecule has 37 heavy (non-hydrogen) atoms. The summed E-state index contributed by atoms with van der Waals surface area (Å²) in [5.74, 6) is 0.965. The summed E-state index contributed by atoms with van der Waals surface area (Å²) in [5, 5.41) is 13.3. The van der Waals surface area contributed by atoms with Gasteiger partial charge in [0.2, 0.25) is 0 Å². The van der Waals surface area contributed by atoms with E-state index in [4.69, 9.17) is 10.1 Å². The van der Waals surface area contributed by atoms with Crippen LogP contribution in [0.5, 0.6) is 0 Å². The fraction of sp³-hybridized carbons (Fsp3) is 0.250. The minimum absolute atomic E-state index is 0. The molecule has 1 N–H and O–H groups in total. The maximum atomic E-state index is 10.0. The standard InChI is InChI=1S/C27H25N2.C5H8O2.Ir/c1-15-13-18(4)24-22(14-15)25-21(26-27(24)29(6)19(5)28-26)12-11-17(3)23(25)20-10-8-7-9-16(20)2;1-4(6)3-5(2)7;/h7-11,13-14H,1-6H3;3,6H,1-2H3;/q-1;;/b;4-3-;. The van der Waals surface area contributed by atoms with E-state index in [-0.39, 0.29) is 31.6 Å². The Balaban J connectivity index is 0.000000422. The number of carbonyl (C=O) groups is 1. The van der Waals surface area contributed by atoms with E-state index in [1.54, 1.807) is 0 Å². The van der Waals surface area contributed by atoms with Crippen molar-refractivity contribution in [3.05, 3.63) is 88.4 Å². The van der Waals surface area contributed by atoms with Crippen molar-refractivity contribution in [2.75, 3.05) is 0 Å². The summed E-state index contributed by atoms with van der Waals surface area (Å²) in [4.78, 5) is 15.0. The molecule has 0 atom stereocenters. The molecule has 5 heteroatoms. The van der Waals surface area contributed by atoms with Crippen LogP contribution in [0.25, 0.3) is 43.7 Å². The maximum Gasteiger partial charge on any atom is 0.155 e. The summed E-state index contributed by atoms with van der Waals surface area (Å²) in [7, 11) is 2.12. The van der Waals surface area contributed by atoms with E-state index in [1.165, 1.54) is 75.0 Å². The van der Waals surface area contributed by atoms with Gasteiger partial charge in [-0.05, 0) is 63.6 Å². The monoisotopic (exact) mass is 670 g/mol. The van der Waals surface area contributed by atoms with Gasteiger partial charge in [-0.2, -0.15) is 0 Å². The van der Waals surface area contributed by atoms with E-state index >= 15 is 0 Å². The molecule has 1 aromatic heterocycles. The van der Waals surface area contributed by atoms with Gasteiger partial charge in [0.25, 0.3) is 0 Å². The zero-order valence-electron chi connectivity index (χ0n) is 22.7.